The van der Waals surface area contributed by atoms with Gasteiger partial charge in [-0.3, -0.25) is 0 Å². The number of nitrogens with zero attached hydrogens (tertiary/aromatic N) is 6. The van der Waals surface area contributed by atoms with Gasteiger partial charge in [-0.2, -0.15) is 4.98 Å². The minimum atomic E-state index is 0.705. The third-order valence-electron chi connectivity index (χ3n) is 4.17. The molecule has 4 heterocycles. The van der Waals surface area contributed by atoms with Gasteiger partial charge in [0.25, 0.3) is 0 Å². The number of aromatic nitrogens is 4. The number of hydrogen-bond acceptors (Lipinski definition) is 9. The Morgan fingerprint density at radius 1 is 0.917 bits per heavy atom. The van der Waals surface area contributed by atoms with Gasteiger partial charge in [-0.1, -0.05) is 11.8 Å². The lowest BCUT2D eigenvalue weighted by Crippen LogP contribution is -2.39. The highest BCUT2D eigenvalue weighted by molar-refractivity contribution is 7.98. The van der Waals surface area contributed by atoms with Crippen LogP contribution in [0.3, 0.4) is 0 Å². The quantitative estimate of drug-likeness (QED) is 0.591. The molecule has 2 aliphatic heterocycles. The fourth-order valence-electron chi connectivity index (χ4n) is 2.88. The minimum absolute atomic E-state index is 0.705. The second-order valence-electron chi connectivity index (χ2n) is 5.64. The molecule has 0 amide bonds. The van der Waals surface area contributed by atoms with Crippen LogP contribution in [-0.4, -0.2) is 78.8 Å². The van der Waals surface area contributed by atoms with E-state index in [9.17, 15) is 0 Å². The minimum Gasteiger partial charge on any atom is -0.378 e. The summed E-state index contributed by atoms with van der Waals surface area (Å²) in [4.78, 5) is 23.0. The number of rotatable bonds is 3. The number of anilines is 2. The van der Waals surface area contributed by atoms with Crippen molar-refractivity contribution in [1.82, 2.24) is 19.9 Å². The lowest BCUT2D eigenvalue weighted by molar-refractivity contribution is 0.121. The van der Waals surface area contributed by atoms with Gasteiger partial charge in [0, 0.05) is 26.2 Å². The molecule has 2 aliphatic rings. The highest BCUT2D eigenvalue weighted by atomic mass is 32.2. The Labute approximate surface area is 144 Å². The molecule has 2 saturated heterocycles. The van der Waals surface area contributed by atoms with Crippen molar-refractivity contribution in [2.75, 3.05) is 68.7 Å². The Hall–Kier alpha value is -1.71. The van der Waals surface area contributed by atoms with Crippen LogP contribution in [-0.2, 0) is 9.47 Å². The average molecular weight is 348 g/mol. The van der Waals surface area contributed by atoms with Gasteiger partial charge < -0.3 is 19.3 Å². The van der Waals surface area contributed by atoms with Crippen LogP contribution in [0.4, 0.5) is 11.8 Å². The summed E-state index contributed by atoms with van der Waals surface area (Å²) in [6, 6.07) is 0. The van der Waals surface area contributed by atoms with E-state index in [1.807, 2.05) is 6.26 Å². The van der Waals surface area contributed by atoms with E-state index in [0.29, 0.717) is 26.4 Å². The van der Waals surface area contributed by atoms with Crippen molar-refractivity contribution in [3.8, 4) is 0 Å². The summed E-state index contributed by atoms with van der Waals surface area (Å²) in [5, 5.41) is 0.736. The van der Waals surface area contributed by atoms with E-state index in [-0.39, 0.29) is 0 Å². The summed E-state index contributed by atoms with van der Waals surface area (Å²) in [6.07, 6.45) is 3.77. The molecule has 2 aromatic heterocycles. The molecule has 0 N–H and O–H groups in total. The van der Waals surface area contributed by atoms with Gasteiger partial charge in [0.2, 0.25) is 5.95 Å². The lowest BCUT2D eigenvalue weighted by Gasteiger charge is -2.31. The molecule has 24 heavy (non-hydrogen) atoms. The first-order valence-electron chi connectivity index (χ1n) is 8.09. The zero-order valence-electron chi connectivity index (χ0n) is 13.6. The standard InChI is InChI=1S/C15H20N6O2S/c1-24-15-16-10-11-12(18-15)13(20-2-6-22-7-3-20)19-14(17-11)21-4-8-23-9-5-21/h10H,2-9H2,1H3. The molecule has 0 radical (unpaired) electrons. The summed E-state index contributed by atoms with van der Waals surface area (Å²) in [6.45, 7) is 6.06. The maximum absolute atomic E-state index is 5.48. The van der Waals surface area contributed by atoms with E-state index in [4.69, 9.17) is 19.4 Å². The molecule has 128 valence electrons. The van der Waals surface area contributed by atoms with Crippen molar-refractivity contribution in [3.63, 3.8) is 0 Å². The van der Waals surface area contributed by atoms with Crippen molar-refractivity contribution in [2.24, 2.45) is 0 Å². The van der Waals surface area contributed by atoms with Crippen LogP contribution in [0.1, 0.15) is 0 Å². The van der Waals surface area contributed by atoms with Gasteiger partial charge in [-0.15, -0.1) is 0 Å². The Kier molecular flexibility index (Phi) is 4.63. The molecule has 0 unspecified atom stereocenters. The molecule has 2 aromatic rings. The smallest absolute Gasteiger partial charge is 0.228 e. The lowest BCUT2D eigenvalue weighted by atomic mass is 10.3. The Morgan fingerprint density at radius 2 is 1.58 bits per heavy atom. The van der Waals surface area contributed by atoms with Crippen LogP contribution in [0.5, 0.6) is 0 Å². The Balaban J connectivity index is 1.80. The molecule has 0 atom stereocenters. The van der Waals surface area contributed by atoms with Crippen LogP contribution in [0.25, 0.3) is 11.0 Å². The molecule has 0 spiro atoms. The second kappa shape index (κ2) is 7.04. The molecule has 0 bridgehead atoms. The van der Waals surface area contributed by atoms with Crippen molar-refractivity contribution in [2.45, 2.75) is 5.16 Å². The van der Waals surface area contributed by atoms with Gasteiger partial charge in [0.1, 0.15) is 11.0 Å². The number of thioether (sulfide) groups is 1. The summed E-state index contributed by atoms with van der Waals surface area (Å²) >= 11 is 1.52. The SMILES string of the molecule is CSc1ncc2nc(N3CCOCC3)nc(N3CCOCC3)c2n1. The maximum Gasteiger partial charge on any atom is 0.228 e. The molecule has 0 saturated carbocycles. The number of morpholine rings is 2. The van der Waals surface area contributed by atoms with Gasteiger partial charge >= 0.3 is 0 Å². The van der Waals surface area contributed by atoms with Crippen molar-refractivity contribution in [1.29, 1.82) is 0 Å². The van der Waals surface area contributed by atoms with E-state index in [0.717, 1.165) is 54.1 Å². The fourth-order valence-corrected chi connectivity index (χ4v) is 3.23. The van der Waals surface area contributed by atoms with Crippen LogP contribution in [0, 0.1) is 0 Å². The predicted octanol–water partition coefficient (Wildman–Crippen LogP) is 0.815. The number of fused-ring (bicyclic) bond motifs is 1. The fraction of sp³-hybridized carbons (Fsp3) is 0.600. The zero-order valence-corrected chi connectivity index (χ0v) is 14.5. The van der Waals surface area contributed by atoms with Crippen molar-refractivity contribution >= 4 is 34.6 Å². The van der Waals surface area contributed by atoms with Gasteiger partial charge in [-0.05, 0) is 6.26 Å². The topological polar surface area (TPSA) is 76.5 Å². The Morgan fingerprint density at radius 3 is 2.25 bits per heavy atom. The highest BCUT2D eigenvalue weighted by Crippen LogP contribution is 2.27. The van der Waals surface area contributed by atoms with E-state index >= 15 is 0 Å². The highest BCUT2D eigenvalue weighted by Gasteiger charge is 2.22. The largest absolute Gasteiger partial charge is 0.378 e. The number of ether oxygens (including phenoxy) is 2. The number of hydrogen-bond donors (Lipinski definition) is 0. The second-order valence-corrected chi connectivity index (χ2v) is 6.41. The molecule has 2 fully saturated rings. The third-order valence-corrected chi connectivity index (χ3v) is 4.73. The van der Waals surface area contributed by atoms with E-state index < -0.39 is 0 Å². The van der Waals surface area contributed by atoms with E-state index in [1.165, 1.54) is 11.8 Å². The van der Waals surface area contributed by atoms with Crippen LogP contribution >= 0.6 is 11.8 Å². The zero-order chi connectivity index (χ0) is 16.4. The average Bonchev–Trinajstić information content (AvgIpc) is 2.68. The van der Waals surface area contributed by atoms with Crippen molar-refractivity contribution < 1.29 is 9.47 Å². The molecule has 9 heteroatoms. The Bertz CT molecular complexity index is 718. The van der Waals surface area contributed by atoms with E-state index in [1.54, 1.807) is 6.20 Å². The summed E-state index contributed by atoms with van der Waals surface area (Å²) < 4.78 is 10.9. The summed E-state index contributed by atoms with van der Waals surface area (Å²) in [7, 11) is 0. The van der Waals surface area contributed by atoms with E-state index in [2.05, 4.69) is 19.8 Å². The normalized spacial score (nSPS) is 19.0. The third kappa shape index (κ3) is 3.11. The first-order chi connectivity index (χ1) is 11.8. The van der Waals surface area contributed by atoms with Crippen molar-refractivity contribution in [3.05, 3.63) is 6.20 Å². The molecular formula is C15H20N6O2S. The summed E-state index contributed by atoms with van der Waals surface area (Å²) in [5.41, 5.74) is 1.60. The van der Waals surface area contributed by atoms with Gasteiger partial charge in [-0.25, -0.2) is 15.0 Å². The molecule has 4 rings (SSSR count). The van der Waals surface area contributed by atoms with Gasteiger partial charge in [0.05, 0.1) is 32.6 Å². The first kappa shape index (κ1) is 15.8. The maximum atomic E-state index is 5.48. The molecule has 0 aromatic carbocycles. The summed E-state index contributed by atoms with van der Waals surface area (Å²) in [5.74, 6) is 1.61. The van der Waals surface area contributed by atoms with Gasteiger partial charge in [0.15, 0.2) is 11.0 Å². The molecule has 8 nitrogen and oxygen atoms in total. The van der Waals surface area contributed by atoms with Crippen LogP contribution in [0.15, 0.2) is 11.4 Å². The monoisotopic (exact) mass is 348 g/mol. The van der Waals surface area contributed by atoms with Crippen LogP contribution < -0.4 is 9.80 Å². The molecular weight excluding hydrogens is 328 g/mol. The molecule has 0 aliphatic carbocycles. The predicted molar refractivity (Wildman–Crippen MR) is 93.0 cm³/mol. The van der Waals surface area contributed by atoms with Crippen LogP contribution in [0.2, 0.25) is 0 Å². The first-order valence-corrected chi connectivity index (χ1v) is 9.32.